The smallest absolute Gasteiger partial charge is 0.289 e. The van der Waals surface area contributed by atoms with Crippen molar-refractivity contribution in [2.75, 3.05) is 19.8 Å². The van der Waals surface area contributed by atoms with Crippen LogP contribution in [-0.4, -0.2) is 30.8 Å². The average molecular weight is 390 g/mol. The molecule has 0 unspecified atom stereocenters. The minimum absolute atomic E-state index is 0.106. The second kappa shape index (κ2) is 9.05. The SMILES string of the molecule is O=C(NCC1(c2ccccc2)CCOCC1)c1cc(CCc2ccccc2)no1. The van der Waals surface area contributed by atoms with E-state index in [0.29, 0.717) is 19.8 Å². The first-order chi connectivity index (χ1) is 14.3. The normalized spacial score (nSPS) is 15.7. The molecule has 4 rings (SSSR count). The van der Waals surface area contributed by atoms with Gasteiger partial charge in [-0.15, -0.1) is 0 Å². The van der Waals surface area contributed by atoms with Gasteiger partial charge in [-0.05, 0) is 36.8 Å². The summed E-state index contributed by atoms with van der Waals surface area (Å²) in [4.78, 5) is 12.7. The maximum atomic E-state index is 12.7. The molecule has 1 N–H and O–H groups in total. The van der Waals surface area contributed by atoms with Crippen molar-refractivity contribution in [1.82, 2.24) is 10.5 Å². The molecular formula is C24H26N2O3. The average Bonchev–Trinajstić information content (AvgIpc) is 3.27. The maximum Gasteiger partial charge on any atom is 0.289 e. The Bertz CT molecular complexity index is 916. The Labute approximate surface area is 171 Å². The van der Waals surface area contributed by atoms with Crippen molar-refractivity contribution in [2.24, 2.45) is 0 Å². The van der Waals surface area contributed by atoms with Crippen LogP contribution in [0.1, 0.15) is 40.2 Å². The summed E-state index contributed by atoms with van der Waals surface area (Å²) in [6.45, 7) is 1.96. The first-order valence-electron chi connectivity index (χ1n) is 10.2. The van der Waals surface area contributed by atoms with E-state index in [9.17, 15) is 4.79 Å². The Morgan fingerprint density at radius 1 is 0.966 bits per heavy atom. The summed E-state index contributed by atoms with van der Waals surface area (Å²) >= 11 is 0. The van der Waals surface area contributed by atoms with Crippen LogP contribution >= 0.6 is 0 Å². The minimum atomic E-state index is -0.217. The molecule has 0 radical (unpaired) electrons. The van der Waals surface area contributed by atoms with Gasteiger partial charge in [0, 0.05) is 31.2 Å². The highest BCUT2D eigenvalue weighted by molar-refractivity contribution is 5.91. The van der Waals surface area contributed by atoms with Crippen molar-refractivity contribution in [3.63, 3.8) is 0 Å². The number of hydrogen-bond acceptors (Lipinski definition) is 4. The van der Waals surface area contributed by atoms with E-state index in [-0.39, 0.29) is 17.1 Å². The molecule has 2 heterocycles. The molecule has 3 aromatic rings. The predicted octanol–water partition coefficient (Wildman–Crippen LogP) is 3.94. The second-order valence-electron chi connectivity index (χ2n) is 7.61. The number of nitrogens with zero attached hydrogens (tertiary/aromatic N) is 1. The highest BCUT2D eigenvalue weighted by Crippen LogP contribution is 2.34. The third-order valence-corrected chi connectivity index (χ3v) is 5.72. The first kappa shape index (κ1) is 19.4. The second-order valence-corrected chi connectivity index (χ2v) is 7.61. The van der Waals surface area contributed by atoms with Crippen LogP contribution in [0.5, 0.6) is 0 Å². The van der Waals surface area contributed by atoms with Gasteiger partial charge in [-0.2, -0.15) is 0 Å². The summed E-state index contributed by atoms with van der Waals surface area (Å²) in [6.07, 6.45) is 3.38. The molecule has 0 bridgehead atoms. The number of nitrogens with one attached hydrogen (secondary N) is 1. The van der Waals surface area contributed by atoms with Gasteiger partial charge in [0.1, 0.15) is 0 Å². The fraction of sp³-hybridized carbons (Fsp3) is 0.333. The van der Waals surface area contributed by atoms with Crippen LogP contribution in [-0.2, 0) is 23.0 Å². The van der Waals surface area contributed by atoms with Crippen LogP contribution in [0.3, 0.4) is 0 Å². The van der Waals surface area contributed by atoms with Crippen molar-refractivity contribution in [3.8, 4) is 0 Å². The lowest BCUT2D eigenvalue weighted by Crippen LogP contribution is -2.44. The molecule has 1 saturated heterocycles. The van der Waals surface area contributed by atoms with E-state index in [2.05, 4.69) is 34.7 Å². The van der Waals surface area contributed by atoms with Crippen molar-refractivity contribution < 1.29 is 14.1 Å². The molecule has 2 aromatic carbocycles. The Morgan fingerprint density at radius 2 is 1.66 bits per heavy atom. The van der Waals surface area contributed by atoms with E-state index in [1.807, 2.05) is 36.4 Å². The molecule has 1 aliphatic rings. The molecule has 1 amide bonds. The molecule has 0 atom stereocenters. The van der Waals surface area contributed by atoms with Crippen molar-refractivity contribution in [1.29, 1.82) is 0 Å². The van der Waals surface area contributed by atoms with Crippen LogP contribution in [0.15, 0.2) is 71.3 Å². The van der Waals surface area contributed by atoms with Gasteiger partial charge in [-0.1, -0.05) is 65.8 Å². The Balaban J connectivity index is 1.38. The number of hydrogen-bond donors (Lipinski definition) is 1. The maximum absolute atomic E-state index is 12.7. The fourth-order valence-electron chi connectivity index (χ4n) is 3.91. The van der Waals surface area contributed by atoms with Gasteiger partial charge in [0.15, 0.2) is 0 Å². The third kappa shape index (κ3) is 4.74. The van der Waals surface area contributed by atoms with E-state index < -0.39 is 0 Å². The largest absolute Gasteiger partial charge is 0.381 e. The van der Waals surface area contributed by atoms with Crippen LogP contribution in [0.4, 0.5) is 0 Å². The van der Waals surface area contributed by atoms with Gasteiger partial charge < -0.3 is 14.6 Å². The Hall–Kier alpha value is -2.92. The van der Waals surface area contributed by atoms with Crippen LogP contribution < -0.4 is 5.32 Å². The topological polar surface area (TPSA) is 64.4 Å². The van der Waals surface area contributed by atoms with E-state index in [0.717, 1.165) is 31.4 Å². The fourth-order valence-corrected chi connectivity index (χ4v) is 3.91. The number of benzene rings is 2. The summed E-state index contributed by atoms with van der Waals surface area (Å²) in [5, 5.41) is 7.13. The molecule has 5 heteroatoms. The highest BCUT2D eigenvalue weighted by Gasteiger charge is 2.35. The van der Waals surface area contributed by atoms with Crippen molar-refractivity contribution >= 4 is 5.91 Å². The Kier molecular flexibility index (Phi) is 6.06. The summed E-state index contributed by atoms with van der Waals surface area (Å²) in [5.74, 6) is 0.0496. The van der Waals surface area contributed by atoms with Gasteiger partial charge >= 0.3 is 0 Å². The van der Waals surface area contributed by atoms with Crippen LogP contribution in [0.2, 0.25) is 0 Å². The van der Waals surface area contributed by atoms with Gasteiger partial charge in [-0.3, -0.25) is 4.79 Å². The summed E-state index contributed by atoms with van der Waals surface area (Å²) in [6, 6.07) is 22.3. The number of rotatable bonds is 7. The van der Waals surface area contributed by atoms with Crippen LogP contribution in [0.25, 0.3) is 0 Å². The monoisotopic (exact) mass is 390 g/mol. The third-order valence-electron chi connectivity index (χ3n) is 5.72. The zero-order valence-corrected chi connectivity index (χ0v) is 16.5. The van der Waals surface area contributed by atoms with E-state index in [4.69, 9.17) is 9.26 Å². The molecule has 0 spiro atoms. The number of carbonyl (C=O) groups excluding carboxylic acids is 1. The van der Waals surface area contributed by atoms with E-state index in [1.165, 1.54) is 11.1 Å². The van der Waals surface area contributed by atoms with Crippen LogP contribution in [0, 0.1) is 0 Å². The lowest BCUT2D eigenvalue weighted by molar-refractivity contribution is 0.0484. The predicted molar refractivity (Wildman–Crippen MR) is 111 cm³/mol. The van der Waals surface area contributed by atoms with Gasteiger partial charge in [-0.25, -0.2) is 0 Å². The molecule has 1 aliphatic heterocycles. The standard InChI is InChI=1S/C24H26N2O3/c27-23(22-17-21(26-29-22)12-11-19-7-3-1-4-8-19)25-18-24(13-15-28-16-14-24)20-9-5-2-6-10-20/h1-10,17H,11-16,18H2,(H,25,27). The number of carbonyl (C=O) groups is 1. The van der Waals surface area contributed by atoms with Gasteiger partial charge in [0.05, 0.1) is 5.69 Å². The molecule has 150 valence electrons. The van der Waals surface area contributed by atoms with Gasteiger partial charge in [0.25, 0.3) is 5.91 Å². The lowest BCUT2D eigenvalue weighted by atomic mass is 9.74. The minimum Gasteiger partial charge on any atom is -0.381 e. The number of aromatic nitrogens is 1. The molecule has 1 aromatic heterocycles. The van der Waals surface area contributed by atoms with Gasteiger partial charge in [0.2, 0.25) is 5.76 Å². The molecule has 0 aliphatic carbocycles. The van der Waals surface area contributed by atoms with E-state index in [1.54, 1.807) is 6.07 Å². The quantitative estimate of drug-likeness (QED) is 0.664. The summed E-state index contributed by atoms with van der Waals surface area (Å²) in [7, 11) is 0. The number of amides is 1. The van der Waals surface area contributed by atoms with Crippen molar-refractivity contribution in [3.05, 3.63) is 89.3 Å². The van der Waals surface area contributed by atoms with E-state index >= 15 is 0 Å². The lowest BCUT2D eigenvalue weighted by Gasteiger charge is -2.37. The molecular weight excluding hydrogens is 364 g/mol. The summed E-state index contributed by atoms with van der Waals surface area (Å²) in [5.41, 5.74) is 3.17. The number of aryl methyl sites for hydroxylation is 2. The zero-order chi connectivity index (χ0) is 19.9. The summed E-state index contributed by atoms with van der Waals surface area (Å²) < 4.78 is 10.9. The highest BCUT2D eigenvalue weighted by atomic mass is 16.5. The molecule has 0 saturated carbocycles. The zero-order valence-electron chi connectivity index (χ0n) is 16.5. The Morgan fingerprint density at radius 3 is 2.38 bits per heavy atom. The molecule has 5 nitrogen and oxygen atoms in total. The first-order valence-corrected chi connectivity index (χ1v) is 10.2. The molecule has 29 heavy (non-hydrogen) atoms. The van der Waals surface area contributed by atoms with Crippen molar-refractivity contribution in [2.45, 2.75) is 31.1 Å². The molecule has 1 fully saturated rings. The number of ether oxygens (including phenoxy) is 1.